The van der Waals surface area contributed by atoms with Crippen molar-refractivity contribution in [3.63, 3.8) is 0 Å². The fraction of sp³-hybridized carbons (Fsp3) is 0.111. The predicted octanol–water partition coefficient (Wildman–Crippen LogP) is 4.08. The van der Waals surface area contributed by atoms with Crippen molar-refractivity contribution < 1.29 is 14.3 Å². The first kappa shape index (κ1) is 23.8. The zero-order valence-electron chi connectivity index (χ0n) is 19.4. The Morgan fingerprint density at radius 3 is 2.68 bits per heavy atom. The Balaban J connectivity index is 1.71. The number of rotatable bonds is 4. The van der Waals surface area contributed by atoms with Gasteiger partial charge in [-0.25, -0.2) is 9.79 Å². The Bertz CT molecular complexity index is 1790. The Labute approximate surface area is 227 Å². The van der Waals surface area contributed by atoms with E-state index in [0.29, 0.717) is 32.9 Å². The lowest BCUT2D eigenvalue weighted by Crippen LogP contribution is -2.40. The number of thiophene rings is 1. The minimum absolute atomic E-state index is 0.183. The van der Waals surface area contributed by atoms with Crippen LogP contribution in [0.5, 0.6) is 0 Å². The van der Waals surface area contributed by atoms with Gasteiger partial charge >= 0.3 is 5.97 Å². The van der Waals surface area contributed by atoms with E-state index in [1.165, 1.54) is 15.9 Å². The van der Waals surface area contributed by atoms with E-state index in [4.69, 9.17) is 9.73 Å². The first-order valence-corrected chi connectivity index (χ1v) is 13.9. The number of benzene rings is 2. The molecule has 2 aliphatic heterocycles. The first-order valence-electron chi connectivity index (χ1n) is 11.4. The van der Waals surface area contributed by atoms with E-state index < -0.39 is 12.0 Å². The van der Waals surface area contributed by atoms with E-state index in [2.05, 4.69) is 21.2 Å². The van der Waals surface area contributed by atoms with Crippen LogP contribution in [0.1, 0.15) is 29.0 Å². The molecular formula is C27H18BrN3O4S2. The molecule has 0 bridgehead atoms. The van der Waals surface area contributed by atoms with Crippen molar-refractivity contribution in [2.45, 2.75) is 13.0 Å². The van der Waals surface area contributed by atoms with Crippen LogP contribution in [-0.2, 0) is 14.3 Å². The van der Waals surface area contributed by atoms with E-state index in [-0.39, 0.29) is 22.6 Å². The molecule has 4 aromatic rings. The van der Waals surface area contributed by atoms with E-state index in [0.717, 1.165) is 26.3 Å². The number of amides is 1. The van der Waals surface area contributed by atoms with Crippen molar-refractivity contribution in [1.29, 1.82) is 0 Å². The fourth-order valence-corrected chi connectivity index (χ4v) is 6.85. The lowest BCUT2D eigenvalue weighted by atomic mass is 9.97. The lowest BCUT2D eigenvalue weighted by molar-refractivity contribution is -0.138. The molecule has 2 aliphatic rings. The molecule has 0 unspecified atom stereocenters. The number of hydrogen-bond acceptors (Lipinski definition) is 7. The average molecular weight is 592 g/mol. The normalized spacial score (nSPS) is 17.7. The summed E-state index contributed by atoms with van der Waals surface area (Å²) in [5.41, 5.74) is 2.68. The summed E-state index contributed by atoms with van der Waals surface area (Å²) in [6, 6.07) is 17.8. The minimum Gasteiger partial charge on any atom is -0.463 e. The third kappa shape index (κ3) is 3.92. The van der Waals surface area contributed by atoms with Crippen LogP contribution in [0.4, 0.5) is 5.69 Å². The Hall–Kier alpha value is -3.60. The summed E-state index contributed by atoms with van der Waals surface area (Å²) in [6.45, 7) is 1.92. The number of aromatic nitrogens is 1. The summed E-state index contributed by atoms with van der Waals surface area (Å²) in [4.78, 5) is 46.5. The van der Waals surface area contributed by atoms with Gasteiger partial charge in [-0.05, 0) is 36.6 Å². The molecule has 2 aromatic heterocycles. The van der Waals surface area contributed by atoms with Crippen molar-refractivity contribution in [2.24, 2.45) is 4.99 Å². The summed E-state index contributed by atoms with van der Waals surface area (Å²) in [6.07, 6.45) is 0. The molecule has 4 heterocycles. The smallest absolute Gasteiger partial charge is 0.338 e. The number of fused-ring (bicyclic) bond motifs is 2. The van der Waals surface area contributed by atoms with Gasteiger partial charge in [0.15, 0.2) is 4.80 Å². The summed E-state index contributed by atoms with van der Waals surface area (Å²) in [5, 5.41) is 4.75. The summed E-state index contributed by atoms with van der Waals surface area (Å²) in [7, 11) is 0. The number of nitrogens with zero attached hydrogens (tertiary/aromatic N) is 2. The van der Waals surface area contributed by atoms with Crippen molar-refractivity contribution in [1.82, 2.24) is 4.57 Å². The molecular weight excluding hydrogens is 574 g/mol. The van der Waals surface area contributed by atoms with Gasteiger partial charge in [0, 0.05) is 26.2 Å². The average Bonchev–Trinajstić information content (AvgIpc) is 3.61. The minimum atomic E-state index is -0.744. The predicted molar refractivity (Wildman–Crippen MR) is 147 cm³/mol. The van der Waals surface area contributed by atoms with E-state index in [1.54, 1.807) is 13.0 Å². The lowest BCUT2D eigenvalue weighted by Gasteiger charge is -2.24. The van der Waals surface area contributed by atoms with E-state index in [9.17, 15) is 14.4 Å². The molecule has 2 aromatic carbocycles. The van der Waals surface area contributed by atoms with Gasteiger partial charge in [0.2, 0.25) is 0 Å². The molecule has 7 nitrogen and oxygen atoms in total. The van der Waals surface area contributed by atoms with Crippen LogP contribution in [0.2, 0.25) is 0 Å². The molecule has 0 fully saturated rings. The van der Waals surface area contributed by atoms with Gasteiger partial charge in [-0.3, -0.25) is 14.2 Å². The van der Waals surface area contributed by atoms with Crippen LogP contribution in [0, 0.1) is 0 Å². The molecule has 37 heavy (non-hydrogen) atoms. The molecule has 6 rings (SSSR count). The monoisotopic (exact) mass is 591 g/mol. The van der Waals surface area contributed by atoms with Gasteiger partial charge < -0.3 is 10.1 Å². The summed E-state index contributed by atoms with van der Waals surface area (Å²) in [5.74, 6) is -0.881. The van der Waals surface area contributed by atoms with Crippen molar-refractivity contribution >= 4 is 67.4 Å². The Kier molecular flexibility index (Phi) is 6.02. The van der Waals surface area contributed by atoms with Gasteiger partial charge in [0.1, 0.15) is 10.6 Å². The molecule has 1 atom stereocenters. The maximum Gasteiger partial charge on any atom is 0.338 e. The fourth-order valence-electron chi connectivity index (χ4n) is 4.57. The summed E-state index contributed by atoms with van der Waals surface area (Å²) < 4.78 is 8.04. The second-order valence-corrected chi connectivity index (χ2v) is 11.2. The molecule has 1 amide bonds. The van der Waals surface area contributed by atoms with Crippen LogP contribution < -0.4 is 20.2 Å². The number of thiazole rings is 1. The van der Waals surface area contributed by atoms with E-state index >= 15 is 0 Å². The second-order valence-electron chi connectivity index (χ2n) is 8.29. The maximum atomic E-state index is 14.0. The number of carbonyl (C=O) groups is 2. The molecule has 1 N–H and O–H groups in total. The topological polar surface area (TPSA) is 89.8 Å². The first-order chi connectivity index (χ1) is 18.0. The summed E-state index contributed by atoms with van der Waals surface area (Å²) >= 11 is 6.05. The quantitative estimate of drug-likeness (QED) is 0.362. The van der Waals surface area contributed by atoms with Crippen LogP contribution in [0.25, 0.3) is 11.3 Å². The van der Waals surface area contributed by atoms with Crippen molar-refractivity contribution in [3.05, 3.63) is 112 Å². The largest absolute Gasteiger partial charge is 0.463 e. The molecule has 0 saturated carbocycles. The number of halogens is 1. The Morgan fingerprint density at radius 2 is 1.95 bits per heavy atom. The molecule has 0 radical (unpaired) electrons. The standard InChI is InChI=1S/C27H18BrN3O4S2/c1-2-35-26(34)20-21(14-7-4-3-5-8-14)30-27-31(22(20)18-9-6-12-36-18)25(33)23(37-27)19-16-13-15(28)10-11-17(16)29-24(19)32/h3-13,22H,2H2,1H3,(H,29,32)/b23-19-/t22-/m0/s1. The van der Waals surface area contributed by atoms with Gasteiger partial charge in [-0.15, -0.1) is 11.3 Å². The highest BCUT2D eigenvalue weighted by Crippen LogP contribution is 2.37. The maximum absolute atomic E-state index is 14.0. The highest BCUT2D eigenvalue weighted by molar-refractivity contribution is 9.10. The van der Waals surface area contributed by atoms with Gasteiger partial charge in [0.25, 0.3) is 11.5 Å². The number of esters is 1. The SMILES string of the molecule is CCOC(=O)C1=C(c2ccccc2)N=c2s/c(=C3\C(=O)Nc4ccc(Br)cc43)c(=O)n2[C@H]1c1cccs1. The number of anilines is 1. The Morgan fingerprint density at radius 1 is 1.14 bits per heavy atom. The zero-order valence-corrected chi connectivity index (χ0v) is 22.6. The number of carbonyl (C=O) groups excluding carboxylic acids is 2. The third-order valence-corrected chi connectivity index (χ3v) is 8.59. The van der Waals surface area contributed by atoms with Crippen LogP contribution >= 0.6 is 38.6 Å². The highest BCUT2D eigenvalue weighted by Gasteiger charge is 2.37. The molecule has 0 aliphatic carbocycles. The number of nitrogens with one attached hydrogen (secondary N) is 1. The van der Waals surface area contributed by atoms with Gasteiger partial charge in [-0.2, -0.15) is 0 Å². The molecule has 0 spiro atoms. The second kappa shape index (κ2) is 9.37. The van der Waals surface area contributed by atoms with E-state index in [1.807, 2.05) is 60.0 Å². The number of ether oxygens (including phenoxy) is 1. The van der Waals surface area contributed by atoms with Gasteiger partial charge in [-0.1, -0.05) is 63.7 Å². The van der Waals surface area contributed by atoms with Crippen LogP contribution in [0.3, 0.4) is 0 Å². The van der Waals surface area contributed by atoms with Crippen molar-refractivity contribution in [3.8, 4) is 0 Å². The highest BCUT2D eigenvalue weighted by atomic mass is 79.9. The van der Waals surface area contributed by atoms with Crippen LogP contribution in [-0.4, -0.2) is 23.1 Å². The third-order valence-electron chi connectivity index (χ3n) is 6.12. The molecule has 10 heteroatoms. The zero-order chi connectivity index (χ0) is 25.7. The van der Waals surface area contributed by atoms with Crippen LogP contribution in [0.15, 0.2) is 85.9 Å². The van der Waals surface area contributed by atoms with Crippen molar-refractivity contribution in [2.75, 3.05) is 11.9 Å². The number of hydrogen-bond donors (Lipinski definition) is 1. The molecule has 0 saturated heterocycles. The molecule has 184 valence electrons. The van der Waals surface area contributed by atoms with Gasteiger partial charge in [0.05, 0.1) is 23.5 Å².